The maximum absolute atomic E-state index is 2.50. The fraction of sp³-hybridized carbons (Fsp3) is 0.833. The number of rotatable bonds is 1. The van der Waals surface area contributed by atoms with Gasteiger partial charge in [0.15, 0.2) is 0 Å². The van der Waals surface area contributed by atoms with Crippen LogP contribution in [0, 0.1) is 16.7 Å². The van der Waals surface area contributed by atoms with Crippen molar-refractivity contribution in [2.75, 3.05) is 14.1 Å². The number of allylic oxidation sites excluding steroid dienone is 2. The van der Waals surface area contributed by atoms with Crippen LogP contribution in [0.4, 0.5) is 0 Å². The molecule has 0 heterocycles. The van der Waals surface area contributed by atoms with E-state index in [9.17, 15) is 0 Å². The van der Waals surface area contributed by atoms with Crippen molar-refractivity contribution in [3.05, 3.63) is 11.8 Å². The van der Waals surface area contributed by atoms with E-state index in [0.717, 1.165) is 5.92 Å². The molecular weight excluding hydrogens is 158 g/mol. The Labute approximate surface area is 81.8 Å². The van der Waals surface area contributed by atoms with Crippen LogP contribution < -0.4 is 0 Å². The normalized spacial score (nSPS) is 40.7. The summed E-state index contributed by atoms with van der Waals surface area (Å²) >= 11 is 0. The van der Waals surface area contributed by atoms with Crippen LogP contribution in [-0.2, 0) is 0 Å². The van der Waals surface area contributed by atoms with Crippen LogP contribution in [0.25, 0.3) is 0 Å². The van der Waals surface area contributed by atoms with Crippen molar-refractivity contribution in [2.45, 2.75) is 33.6 Å². The highest BCUT2D eigenvalue weighted by molar-refractivity contribution is 5.30. The monoisotopic (exact) mass is 179 g/mol. The zero-order valence-corrected chi connectivity index (χ0v) is 9.52. The minimum absolute atomic E-state index is 0.432. The fourth-order valence-electron chi connectivity index (χ4n) is 3.30. The second-order valence-electron chi connectivity index (χ2n) is 5.65. The van der Waals surface area contributed by atoms with Gasteiger partial charge in [0.1, 0.15) is 0 Å². The highest BCUT2D eigenvalue weighted by Crippen LogP contribution is 2.65. The summed E-state index contributed by atoms with van der Waals surface area (Å²) in [6.45, 7) is 7.29. The molecule has 2 rings (SSSR count). The molecule has 1 saturated carbocycles. The molecule has 74 valence electrons. The number of nitrogens with zero attached hydrogens (tertiary/aromatic N) is 1. The van der Waals surface area contributed by atoms with Crippen LogP contribution in [-0.4, -0.2) is 19.0 Å². The molecule has 0 amide bonds. The van der Waals surface area contributed by atoms with Gasteiger partial charge in [-0.15, -0.1) is 0 Å². The molecule has 0 aliphatic heterocycles. The summed E-state index contributed by atoms with van der Waals surface area (Å²) in [5, 5.41) is 0. The molecule has 2 aliphatic carbocycles. The lowest BCUT2D eigenvalue weighted by Gasteiger charge is -2.39. The molecular formula is C12H21N. The van der Waals surface area contributed by atoms with Gasteiger partial charge in [0, 0.05) is 25.2 Å². The predicted molar refractivity (Wildman–Crippen MR) is 56.4 cm³/mol. The first-order valence-corrected chi connectivity index (χ1v) is 5.29. The van der Waals surface area contributed by atoms with Crippen molar-refractivity contribution in [2.24, 2.45) is 16.7 Å². The van der Waals surface area contributed by atoms with Crippen molar-refractivity contribution in [3.8, 4) is 0 Å². The standard InChI is InChI=1S/C12H21N/c1-11(2)9-6-7-12(11,3)10(8-9)13(4)5/h8-9H,6-7H2,1-5H3. The van der Waals surface area contributed by atoms with E-state index in [0.29, 0.717) is 10.8 Å². The first-order chi connectivity index (χ1) is 5.89. The summed E-state index contributed by atoms with van der Waals surface area (Å²) in [4.78, 5) is 2.31. The van der Waals surface area contributed by atoms with Crippen molar-refractivity contribution >= 4 is 0 Å². The predicted octanol–water partition coefficient (Wildman–Crippen LogP) is 2.89. The summed E-state index contributed by atoms with van der Waals surface area (Å²) in [5.74, 6) is 0.815. The van der Waals surface area contributed by atoms with Gasteiger partial charge >= 0.3 is 0 Å². The Kier molecular flexibility index (Phi) is 1.62. The SMILES string of the molecule is CN(C)C1=CC2CCC1(C)C2(C)C. The van der Waals surface area contributed by atoms with E-state index in [1.54, 1.807) is 5.70 Å². The molecule has 0 N–H and O–H groups in total. The van der Waals surface area contributed by atoms with Crippen molar-refractivity contribution in [1.82, 2.24) is 4.90 Å². The second kappa shape index (κ2) is 2.31. The lowest BCUT2D eigenvalue weighted by atomic mass is 9.69. The van der Waals surface area contributed by atoms with Gasteiger partial charge in [-0.3, -0.25) is 0 Å². The molecule has 0 radical (unpaired) electrons. The molecule has 1 fully saturated rings. The van der Waals surface area contributed by atoms with Gasteiger partial charge in [-0.05, 0) is 24.2 Å². The van der Waals surface area contributed by atoms with Gasteiger partial charge in [-0.25, -0.2) is 0 Å². The molecule has 1 nitrogen and oxygen atoms in total. The Bertz CT molecular complexity index is 262. The minimum atomic E-state index is 0.432. The first kappa shape index (κ1) is 9.11. The Morgan fingerprint density at radius 3 is 2.15 bits per heavy atom. The Morgan fingerprint density at radius 1 is 1.31 bits per heavy atom. The number of fused-ring (bicyclic) bond motifs is 2. The third-order valence-electron chi connectivity index (χ3n) is 4.71. The third kappa shape index (κ3) is 0.880. The van der Waals surface area contributed by atoms with Gasteiger partial charge in [0.25, 0.3) is 0 Å². The molecule has 0 aromatic rings. The van der Waals surface area contributed by atoms with E-state index in [-0.39, 0.29) is 0 Å². The zero-order chi connectivity index (χ0) is 9.85. The highest BCUT2D eigenvalue weighted by atomic mass is 15.1. The number of hydrogen-bond donors (Lipinski definition) is 0. The smallest absolute Gasteiger partial charge is 0.0156 e. The summed E-state index contributed by atoms with van der Waals surface area (Å²) < 4.78 is 0. The van der Waals surface area contributed by atoms with Crippen LogP contribution in [0.5, 0.6) is 0 Å². The average molecular weight is 179 g/mol. The molecule has 1 heteroatoms. The average Bonchev–Trinajstić information content (AvgIpc) is 2.34. The quantitative estimate of drug-likeness (QED) is 0.598. The van der Waals surface area contributed by atoms with Crippen LogP contribution in [0.3, 0.4) is 0 Å². The van der Waals surface area contributed by atoms with E-state index >= 15 is 0 Å². The van der Waals surface area contributed by atoms with Crippen molar-refractivity contribution in [3.63, 3.8) is 0 Å². The zero-order valence-electron chi connectivity index (χ0n) is 9.52. The van der Waals surface area contributed by atoms with Crippen LogP contribution in [0.2, 0.25) is 0 Å². The van der Waals surface area contributed by atoms with Crippen molar-refractivity contribution in [1.29, 1.82) is 0 Å². The Hall–Kier alpha value is -0.460. The van der Waals surface area contributed by atoms with E-state index < -0.39 is 0 Å². The molecule has 2 bridgehead atoms. The van der Waals surface area contributed by atoms with E-state index in [1.807, 2.05) is 0 Å². The van der Waals surface area contributed by atoms with E-state index in [2.05, 4.69) is 45.8 Å². The molecule has 0 aromatic carbocycles. The third-order valence-corrected chi connectivity index (χ3v) is 4.71. The van der Waals surface area contributed by atoms with Gasteiger partial charge in [0.2, 0.25) is 0 Å². The molecule has 13 heavy (non-hydrogen) atoms. The summed E-state index contributed by atoms with van der Waals surface area (Å²) in [6.07, 6.45) is 5.26. The Balaban J connectivity index is 2.43. The van der Waals surface area contributed by atoms with Gasteiger partial charge < -0.3 is 4.90 Å². The van der Waals surface area contributed by atoms with Crippen molar-refractivity contribution < 1.29 is 0 Å². The molecule has 2 unspecified atom stereocenters. The van der Waals surface area contributed by atoms with Crippen LogP contribution in [0.15, 0.2) is 11.8 Å². The molecule has 2 atom stereocenters. The molecule has 0 aromatic heterocycles. The lowest BCUT2D eigenvalue weighted by molar-refractivity contribution is 0.146. The van der Waals surface area contributed by atoms with Gasteiger partial charge in [-0.2, -0.15) is 0 Å². The van der Waals surface area contributed by atoms with Gasteiger partial charge in [0.05, 0.1) is 0 Å². The van der Waals surface area contributed by atoms with Crippen LogP contribution in [0.1, 0.15) is 33.6 Å². The minimum Gasteiger partial charge on any atom is -0.381 e. The second-order valence-corrected chi connectivity index (χ2v) is 5.65. The van der Waals surface area contributed by atoms with E-state index in [1.165, 1.54) is 12.8 Å². The largest absolute Gasteiger partial charge is 0.381 e. The molecule has 2 aliphatic rings. The summed E-state index contributed by atoms with van der Waals surface area (Å²) in [5.41, 5.74) is 2.47. The first-order valence-electron chi connectivity index (χ1n) is 5.29. The fourth-order valence-corrected chi connectivity index (χ4v) is 3.30. The summed E-state index contributed by atoms with van der Waals surface area (Å²) in [7, 11) is 4.35. The lowest BCUT2D eigenvalue weighted by Crippen LogP contribution is -2.34. The topological polar surface area (TPSA) is 3.24 Å². The van der Waals surface area contributed by atoms with E-state index in [4.69, 9.17) is 0 Å². The van der Waals surface area contributed by atoms with Gasteiger partial charge in [-0.1, -0.05) is 26.8 Å². The summed E-state index contributed by atoms with van der Waals surface area (Å²) in [6, 6.07) is 0. The maximum Gasteiger partial charge on any atom is 0.0156 e. The highest BCUT2D eigenvalue weighted by Gasteiger charge is 2.57. The Morgan fingerprint density at radius 2 is 1.92 bits per heavy atom. The maximum atomic E-state index is 2.50. The number of hydrogen-bond acceptors (Lipinski definition) is 1. The molecule has 0 spiro atoms. The molecule has 0 saturated heterocycles. The van der Waals surface area contributed by atoms with Crippen LogP contribution >= 0.6 is 0 Å².